The standard InChI is InChI=1S/C10H14N6OS/c1-6-12-14-10(18-6)16-9(7(5-11)13-15-16)8-3-2-4-17-8/h8H,2-5,11H2,1H3. The van der Waals surface area contributed by atoms with E-state index < -0.39 is 0 Å². The Labute approximate surface area is 108 Å². The molecule has 0 spiro atoms. The van der Waals surface area contributed by atoms with Crippen LogP contribution in [0, 0.1) is 6.92 Å². The highest BCUT2D eigenvalue weighted by Gasteiger charge is 2.27. The van der Waals surface area contributed by atoms with Crippen LogP contribution in [0.1, 0.15) is 35.3 Å². The number of rotatable bonds is 3. The van der Waals surface area contributed by atoms with Gasteiger partial charge in [-0.25, -0.2) is 0 Å². The van der Waals surface area contributed by atoms with Crippen LogP contribution >= 0.6 is 11.3 Å². The maximum Gasteiger partial charge on any atom is 0.234 e. The maximum absolute atomic E-state index is 5.71. The summed E-state index contributed by atoms with van der Waals surface area (Å²) in [6, 6.07) is 0. The van der Waals surface area contributed by atoms with E-state index in [2.05, 4.69) is 20.5 Å². The molecular weight excluding hydrogens is 252 g/mol. The highest BCUT2D eigenvalue weighted by Crippen LogP contribution is 2.31. The predicted octanol–water partition coefficient (Wildman–Crippen LogP) is 0.737. The van der Waals surface area contributed by atoms with Gasteiger partial charge >= 0.3 is 0 Å². The number of nitrogens with two attached hydrogens (primary N) is 1. The summed E-state index contributed by atoms with van der Waals surface area (Å²) < 4.78 is 7.42. The number of aromatic nitrogens is 5. The first-order valence-electron chi connectivity index (χ1n) is 5.86. The molecule has 0 bridgehead atoms. The molecule has 1 atom stereocenters. The molecule has 2 aromatic heterocycles. The lowest BCUT2D eigenvalue weighted by molar-refractivity contribution is 0.106. The van der Waals surface area contributed by atoms with Gasteiger partial charge in [0.25, 0.3) is 0 Å². The topological polar surface area (TPSA) is 91.7 Å². The van der Waals surface area contributed by atoms with E-state index in [1.807, 2.05) is 6.92 Å². The van der Waals surface area contributed by atoms with Gasteiger partial charge in [0.15, 0.2) is 0 Å². The molecule has 0 amide bonds. The lowest BCUT2D eigenvalue weighted by atomic mass is 10.1. The molecule has 0 aromatic carbocycles. The van der Waals surface area contributed by atoms with Gasteiger partial charge in [0.05, 0.1) is 0 Å². The zero-order valence-corrected chi connectivity index (χ0v) is 10.9. The first-order chi connectivity index (χ1) is 8.79. The zero-order chi connectivity index (χ0) is 12.5. The monoisotopic (exact) mass is 266 g/mol. The van der Waals surface area contributed by atoms with Crippen LogP contribution in [0.2, 0.25) is 0 Å². The summed E-state index contributed by atoms with van der Waals surface area (Å²) in [6.45, 7) is 3.04. The van der Waals surface area contributed by atoms with Gasteiger partial charge in [0.2, 0.25) is 5.13 Å². The van der Waals surface area contributed by atoms with Gasteiger partial charge in [-0.1, -0.05) is 16.6 Å². The van der Waals surface area contributed by atoms with Crippen molar-refractivity contribution in [2.75, 3.05) is 6.61 Å². The van der Waals surface area contributed by atoms with Crippen LogP contribution in [0.25, 0.3) is 5.13 Å². The average molecular weight is 266 g/mol. The van der Waals surface area contributed by atoms with Gasteiger partial charge in [0.1, 0.15) is 22.5 Å². The van der Waals surface area contributed by atoms with E-state index in [9.17, 15) is 0 Å². The fraction of sp³-hybridized carbons (Fsp3) is 0.600. The van der Waals surface area contributed by atoms with Crippen LogP contribution in [0.15, 0.2) is 0 Å². The van der Waals surface area contributed by atoms with Gasteiger partial charge in [-0.05, 0) is 19.8 Å². The summed E-state index contributed by atoms with van der Waals surface area (Å²) in [4.78, 5) is 0. The van der Waals surface area contributed by atoms with Crippen LogP contribution in [0.5, 0.6) is 0 Å². The summed E-state index contributed by atoms with van der Waals surface area (Å²) in [5, 5.41) is 18.0. The molecule has 0 saturated carbocycles. The Kier molecular flexibility index (Phi) is 3.06. The van der Waals surface area contributed by atoms with Crippen molar-refractivity contribution in [1.29, 1.82) is 0 Å². The molecule has 2 aromatic rings. The minimum atomic E-state index is 0.0164. The van der Waals surface area contributed by atoms with Crippen LogP contribution in [0.4, 0.5) is 0 Å². The molecule has 1 fully saturated rings. The number of aryl methyl sites for hydroxylation is 1. The van der Waals surface area contributed by atoms with Crippen LogP contribution in [-0.2, 0) is 11.3 Å². The van der Waals surface area contributed by atoms with E-state index >= 15 is 0 Å². The molecule has 1 aliphatic heterocycles. The van der Waals surface area contributed by atoms with Crippen molar-refractivity contribution in [3.63, 3.8) is 0 Å². The second-order valence-electron chi connectivity index (χ2n) is 4.14. The molecule has 0 aliphatic carbocycles. The fourth-order valence-corrected chi connectivity index (χ4v) is 2.74. The van der Waals surface area contributed by atoms with Crippen molar-refractivity contribution in [3.8, 4) is 5.13 Å². The molecule has 3 heterocycles. The molecule has 8 heteroatoms. The van der Waals surface area contributed by atoms with Gasteiger partial charge in [-0.2, -0.15) is 4.68 Å². The Balaban J connectivity index is 2.06. The molecule has 18 heavy (non-hydrogen) atoms. The minimum absolute atomic E-state index is 0.0164. The van der Waals surface area contributed by atoms with Crippen molar-refractivity contribution in [2.45, 2.75) is 32.4 Å². The lowest BCUT2D eigenvalue weighted by Crippen LogP contribution is -2.10. The van der Waals surface area contributed by atoms with Crippen LogP contribution < -0.4 is 5.73 Å². The SMILES string of the molecule is Cc1nnc(-n2nnc(CN)c2C2CCCO2)s1. The average Bonchev–Trinajstić information content (AvgIpc) is 3.07. The van der Waals surface area contributed by atoms with E-state index in [0.717, 1.165) is 35.8 Å². The van der Waals surface area contributed by atoms with Crippen LogP contribution in [-0.4, -0.2) is 31.8 Å². The van der Waals surface area contributed by atoms with E-state index in [1.54, 1.807) is 4.68 Å². The predicted molar refractivity (Wildman–Crippen MR) is 65.4 cm³/mol. The summed E-state index contributed by atoms with van der Waals surface area (Å²) >= 11 is 1.48. The van der Waals surface area contributed by atoms with Crippen molar-refractivity contribution in [1.82, 2.24) is 25.2 Å². The van der Waals surface area contributed by atoms with Gasteiger partial charge < -0.3 is 10.5 Å². The molecule has 96 valence electrons. The number of hydrogen-bond donors (Lipinski definition) is 1. The van der Waals surface area contributed by atoms with Gasteiger partial charge in [-0.3, -0.25) is 0 Å². The summed E-state index contributed by atoms with van der Waals surface area (Å²) in [7, 11) is 0. The Morgan fingerprint density at radius 1 is 1.44 bits per heavy atom. The van der Waals surface area contributed by atoms with Gasteiger partial charge in [-0.15, -0.1) is 15.3 Å². The third-order valence-corrected chi connectivity index (χ3v) is 3.72. The van der Waals surface area contributed by atoms with Crippen molar-refractivity contribution in [3.05, 3.63) is 16.4 Å². The van der Waals surface area contributed by atoms with E-state index in [-0.39, 0.29) is 6.10 Å². The zero-order valence-electron chi connectivity index (χ0n) is 10.0. The molecule has 1 aliphatic rings. The number of ether oxygens (including phenoxy) is 1. The highest BCUT2D eigenvalue weighted by atomic mass is 32.1. The molecule has 0 radical (unpaired) electrons. The summed E-state index contributed by atoms with van der Waals surface area (Å²) in [6.07, 6.45) is 2.04. The Morgan fingerprint density at radius 3 is 2.94 bits per heavy atom. The molecular formula is C10H14N6OS. The smallest absolute Gasteiger partial charge is 0.234 e. The van der Waals surface area contributed by atoms with E-state index in [0.29, 0.717) is 11.7 Å². The third-order valence-electron chi connectivity index (χ3n) is 2.90. The quantitative estimate of drug-likeness (QED) is 0.880. The second kappa shape index (κ2) is 4.71. The second-order valence-corrected chi connectivity index (χ2v) is 5.30. The Bertz CT molecular complexity index is 544. The number of hydrogen-bond acceptors (Lipinski definition) is 7. The first-order valence-corrected chi connectivity index (χ1v) is 6.68. The van der Waals surface area contributed by atoms with Crippen molar-refractivity contribution < 1.29 is 4.74 Å². The lowest BCUT2D eigenvalue weighted by Gasteiger charge is -2.11. The van der Waals surface area contributed by atoms with E-state index in [1.165, 1.54) is 11.3 Å². The minimum Gasteiger partial charge on any atom is -0.372 e. The van der Waals surface area contributed by atoms with Crippen molar-refractivity contribution in [2.24, 2.45) is 5.73 Å². The maximum atomic E-state index is 5.71. The van der Waals surface area contributed by atoms with Gasteiger partial charge in [0, 0.05) is 13.2 Å². The summed E-state index contributed by atoms with van der Waals surface area (Å²) in [5.74, 6) is 0. The summed E-state index contributed by atoms with van der Waals surface area (Å²) in [5.41, 5.74) is 7.41. The normalized spacial score (nSPS) is 19.6. The van der Waals surface area contributed by atoms with Crippen LogP contribution in [0.3, 0.4) is 0 Å². The molecule has 1 unspecified atom stereocenters. The highest BCUT2D eigenvalue weighted by molar-refractivity contribution is 7.13. The Morgan fingerprint density at radius 2 is 2.33 bits per heavy atom. The molecule has 7 nitrogen and oxygen atoms in total. The largest absolute Gasteiger partial charge is 0.372 e. The molecule has 3 rings (SSSR count). The number of nitrogens with zero attached hydrogens (tertiary/aromatic N) is 5. The first kappa shape index (κ1) is 11.7. The van der Waals surface area contributed by atoms with Crippen molar-refractivity contribution >= 4 is 11.3 Å². The molecule has 2 N–H and O–H groups in total. The fourth-order valence-electron chi connectivity index (χ4n) is 2.09. The third kappa shape index (κ3) is 1.92. The Hall–Kier alpha value is -1.38. The molecule has 1 saturated heterocycles. The van der Waals surface area contributed by atoms with E-state index in [4.69, 9.17) is 10.5 Å².